The van der Waals surface area contributed by atoms with Crippen LogP contribution in [0.5, 0.6) is 0 Å². The second-order valence-electron chi connectivity index (χ2n) is 7.27. The predicted octanol–water partition coefficient (Wildman–Crippen LogP) is 2.03. The highest BCUT2D eigenvalue weighted by molar-refractivity contribution is 5.86. The van der Waals surface area contributed by atoms with Crippen LogP contribution in [0.25, 0.3) is 10.9 Å². The van der Waals surface area contributed by atoms with E-state index in [9.17, 15) is 19.7 Å². The maximum absolute atomic E-state index is 12.6. The largest absolute Gasteiger partial charge is 0.375 e. The third-order valence-corrected chi connectivity index (χ3v) is 5.52. The Morgan fingerprint density at radius 3 is 2.81 bits per heavy atom. The Kier molecular flexibility index (Phi) is 4.51. The van der Waals surface area contributed by atoms with Gasteiger partial charge in [0.1, 0.15) is 5.69 Å². The second-order valence-corrected chi connectivity index (χ2v) is 7.27. The zero-order valence-electron chi connectivity index (χ0n) is 14.8. The molecule has 2 aliphatic rings. The number of hydrogen-bond acceptors (Lipinski definition) is 6. The molecule has 2 N–H and O–H groups in total. The van der Waals surface area contributed by atoms with Crippen molar-refractivity contribution in [3.63, 3.8) is 0 Å². The van der Waals surface area contributed by atoms with Gasteiger partial charge in [0.25, 0.3) is 11.2 Å². The predicted molar refractivity (Wildman–Crippen MR) is 99.6 cm³/mol. The zero-order valence-corrected chi connectivity index (χ0v) is 14.8. The molecule has 2 heterocycles. The number of aromatic amines is 1. The van der Waals surface area contributed by atoms with Crippen molar-refractivity contribution < 1.29 is 9.72 Å². The number of anilines is 1. The number of rotatable bonds is 4. The molecule has 1 aliphatic carbocycles. The molecule has 0 spiro atoms. The molecule has 1 aliphatic heterocycles. The van der Waals surface area contributed by atoms with Crippen LogP contribution in [0.1, 0.15) is 32.1 Å². The van der Waals surface area contributed by atoms with Crippen molar-refractivity contribution >= 4 is 28.2 Å². The normalized spacial score (nSPS) is 20.3. The lowest BCUT2D eigenvalue weighted by atomic mass is 10.1. The van der Waals surface area contributed by atoms with Gasteiger partial charge >= 0.3 is 0 Å². The molecule has 1 aromatic carbocycles. The number of nitrogens with one attached hydrogen (secondary N) is 2. The number of carbonyl (C=O) groups is 1. The van der Waals surface area contributed by atoms with Gasteiger partial charge in [-0.15, -0.1) is 0 Å². The van der Waals surface area contributed by atoms with Gasteiger partial charge in [0.2, 0.25) is 5.91 Å². The van der Waals surface area contributed by atoms with Gasteiger partial charge in [-0.3, -0.25) is 19.7 Å². The monoisotopic (exact) mass is 371 g/mol. The van der Waals surface area contributed by atoms with Crippen LogP contribution in [0.4, 0.5) is 11.4 Å². The van der Waals surface area contributed by atoms with Crippen LogP contribution in [0, 0.1) is 16.0 Å². The van der Waals surface area contributed by atoms with Crippen LogP contribution in [-0.4, -0.2) is 44.8 Å². The Morgan fingerprint density at radius 2 is 2.07 bits per heavy atom. The van der Waals surface area contributed by atoms with Gasteiger partial charge < -0.3 is 15.2 Å². The van der Waals surface area contributed by atoms with E-state index in [1.165, 1.54) is 18.5 Å². The standard InChI is InChI=1S/C18H21N5O4/c24-17-13-7-16(23(26)27)15(8-14(13)19-10-20-17)21-12-5-6-22(9-12)18(25)11-3-1-2-4-11/h7-8,10-12,21H,1-6,9H2,(H,19,20,24). The Balaban J connectivity index is 1.54. The average Bonchev–Trinajstić information content (AvgIpc) is 3.33. The molecule has 0 radical (unpaired) electrons. The maximum atomic E-state index is 12.6. The number of nitro groups is 1. The number of benzene rings is 1. The Morgan fingerprint density at radius 1 is 1.30 bits per heavy atom. The number of likely N-dealkylation sites (tertiary alicyclic amines) is 1. The summed E-state index contributed by atoms with van der Waals surface area (Å²) in [6.07, 6.45) is 6.16. The first-order valence-electron chi connectivity index (χ1n) is 9.24. The fraction of sp³-hybridized carbons (Fsp3) is 0.500. The van der Waals surface area contributed by atoms with Gasteiger partial charge in [-0.25, -0.2) is 4.98 Å². The van der Waals surface area contributed by atoms with E-state index in [2.05, 4.69) is 15.3 Å². The quantitative estimate of drug-likeness (QED) is 0.626. The summed E-state index contributed by atoms with van der Waals surface area (Å²) in [5.41, 5.74) is 0.139. The molecule has 142 valence electrons. The van der Waals surface area contributed by atoms with Crippen molar-refractivity contribution in [3.05, 3.63) is 38.9 Å². The number of hydrogen-bond donors (Lipinski definition) is 2. The molecule has 0 bridgehead atoms. The number of carbonyl (C=O) groups excluding carboxylic acids is 1. The second kappa shape index (κ2) is 6.98. The molecule has 2 fully saturated rings. The number of nitrogens with zero attached hydrogens (tertiary/aromatic N) is 3. The highest BCUT2D eigenvalue weighted by Crippen LogP contribution is 2.31. The zero-order chi connectivity index (χ0) is 19.0. The van der Waals surface area contributed by atoms with E-state index >= 15 is 0 Å². The van der Waals surface area contributed by atoms with Crippen LogP contribution in [-0.2, 0) is 4.79 Å². The van der Waals surface area contributed by atoms with E-state index in [0.717, 1.165) is 32.1 Å². The molecule has 1 aromatic heterocycles. The molecule has 1 saturated carbocycles. The van der Waals surface area contributed by atoms with Crippen molar-refractivity contribution in [1.82, 2.24) is 14.9 Å². The van der Waals surface area contributed by atoms with E-state index in [0.29, 0.717) is 24.3 Å². The Hall–Kier alpha value is -2.97. The molecular weight excluding hydrogens is 350 g/mol. The summed E-state index contributed by atoms with van der Waals surface area (Å²) in [4.78, 5) is 43.8. The molecule has 1 atom stereocenters. The number of fused-ring (bicyclic) bond motifs is 1. The minimum atomic E-state index is -0.509. The molecule has 1 saturated heterocycles. The Bertz CT molecular complexity index is 950. The average molecular weight is 371 g/mol. The van der Waals surface area contributed by atoms with E-state index in [1.54, 1.807) is 0 Å². The van der Waals surface area contributed by atoms with E-state index in [4.69, 9.17) is 0 Å². The fourth-order valence-corrected chi connectivity index (χ4v) is 4.10. The Labute approximate surface area is 154 Å². The number of H-pyrrole nitrogens is 1. The number of amides is 1. The molecule has 9 nitrogen and oxygen atoms in total. The molecule has 4 rings (SSSR count). The fourth-order valence-electron chi connectivity index (χ4n) is 4.10. The van der Waals surface area contributed by atoms with Crippen LogP contribution < -0.4 is 10.9 Å². The summed E-state index contributed by atoms with van der Waals surface area (Å²) in [6.45, 7) is 1.19. The number of nitro benzene ring substituents is 1. The minimum Gasteiger partial charge on any atom is -0.375 e. The van der Waals surface area contributed by atoms with Gasteiger partial charge in [0, 0.05) is 31.1 Å². The van der Waals surface area contributed by atoms with Crippen LogP contribution in [0.3, 0.4) is 0 Å². The third kappa shape index (κ3) is 3.36. The molecule has 9 heteroatoms. The van der Waals surface area contributed by atoms with Crippen molar-refractivity contribution in [1.29, 1.82) is 0 Å². The van der Waals surface area contributed by atoms with E-state index in [1.807, 2.05) is 4.90 Å². The van der Waals surface area contributed by atoms with Gasteiger partial charge in [0.05, 0.1) is 22.2 Å². The minimum absolute atomic E-state index is 0.0616. The summed E-state index contributed by atoms with van der Waals surface area (Å²) < 4.78 is 0. The highest BCUT2D eigenvalue weighted by atomic mass is 16.6. The molecule has 2 aromatic rings. The van der Waals surface area contributed by atoms with Gasteiger partial charge in [-0.05, 0) is 25.3 Å². The van der Waals surface area contributed by atoms with Gasteiger partial charge in [-0.1, -0.05) is 12.8 Å². The van der Waals surface area contributed by atoms with Crippen molar-refractivity contribution in [2.45, 2.75) is 38.1 Å². The van der Waals surface area contributed by atoms with Crippen molar-refractivity contribution in [2.24, 2.45) is 5.92 Å². The first-order chi connectivity index (χ1) is 13.0. The first kappa shape index (κ1) is 17.4. The molecular formula is C18H21N5O4. The maximum Gasteiger partial charge on any atom is 0.293 e. The van der Waals surface area contributed by atoms with Crippen molar-refractivity contribution in [2.75, 3.05) is 18.4 Å². The SMILES string of the molecule is O=C(C1CCCC1)N1CCC(Nc2cc3nc[nH]c(=O)c3cc2[N+](=O)[O-])C1. The van der Waals surface area contributed by atoms with E-state index in [-0.39, 0.29) is 28.9 Å². The van der Waals surface area contributed by atoms with Crippen LogP contribution >= 0.6 is 0 Å². The lowest BCUT2D eigenvalue weighted by Crippen LogP contribution is -2.35. The van der Waals surface area contributed by atoms with Crippen molar-refractivity contribution in [3.8, 4) is 0 Å². The third-order valence-electron chi connectivity index (χ3n) is 5.52. The van der Waals surface area contributed by atoms with Gasteiger partial charge in [0.15, 0.2) is 0 Å². The summed E-state index contributed by atoms with van der Waals surface area (Å²) >= 11 is 0. The van der Waals surface area contributed by atoms with Crippen LogP contribution in [0.15, 0.2) is 23.3 Å². The molecule has 1 unspecified atom stereocenters. The lowest BCUT2D eigenvalue weighted by molar-refractivity contribution is -0.383. The first-order valence-corrected chi connectivity index (χ1v) is 9.24. The summed E-state index contributed by atoms with van der Waals surface area (Å²) in [5, 5.41) is 14.8. The smallest absolute Gasteiger partial charge is 0.293 e. The molecule has 1 amide bonds. The topological polar surface area (TPSA) is 121 Å². The van der Waals surface area contributed by atoms with Crippen LogP contribution in [0.2, 0.25) is 0 Å². The van der Waals surface area contributed by atoms with Gasteiger partial charge in [-0.2, -0.15) is 0 Å². The molecule has 27 heavy (non-hydrogen) atoms. The summed E-state index contributed by atoms with van der Waals surface area (Å²) in [6, 6.07) is 2.72. The number of aromatic nitrogens is 2. The summed E-state index contributed by atoms with van der Waals surface area (Å²) in [7, 11) is 0. The highest BCUT2D eigenvalue weighted by Gasteiger charge is 2.33. The van der Waals surface area contributed by atoms with E-state index < -0.39 is 10.5 Å². The lowest BCUT2D eigenvalue weighted by Gasteiger charge is -2.21. The summed E-state index contributed by atoms with van der Waals surface area (Å²) in [5.74, 6) is 0.340.